The topological polar surface area (TPSA) is 87.3 Å². The highest BCUT2D eigenvalue weighted by Gasteiger charge is 2.30. The Morgan fingerprint density at radius 3 is 2.62 bits per heavy atom. The van der Waals surface area contributed by atoms with Gasteiger partial charge in [-0.15, -0.1) is 0 Å². The van der Waals surface area contributed by atoms with Crippen LogP contribution in [-0.4, -0.2) is 52.9 Å². The number of aromatic amines is 1. The number of hydrogen-bond donors (Lipinski definition) is 2. The van der Waals surface area contributed by atoms with Crippen molar-refractivity contribution >= 4 is 28.4 Å². The van der Waals surface area contributed by atoms with Crippen LogP contribution < -0.4 is 10.1 Å². The van der Waals surface area contributed by atoms with Gasteiger partial charge in [0, 0.05) is 42.0 Å². The first-order chi connectivity index (χ1) is 15.5. The summed E-state index contributed by atoms with van der Waals surface area (Å²) in [5.74, 6) is 0.326. The lowest BCUT2D eigenvalue weighted by Gasteiger charge is -2.32. The third kappa shape index (κ3) is 4.37. The number of fused-ring (bicyclic) bond motifs is 1. The number of nitrogens with one attached hydrogen (secondary N) is 2. The molecule has 0 spiro atoms. The minimum absolute atomic E-state index is 0.0326. The normalized spacial score (nSPS) is 14.9. The smallest absolute Gasteiger partial charge is 0.251 e. The predicted octanol–water partition coefficient (Wildman–Crippen LogP) is 3.64. The van der Waals surface area contributed by atoms with Gasteiger partial charge in [-0.3, -0.25) is 9.59 Å². The van der Waals surface area contributed by atoms with E-state index in [9.17, 15) is 9.59 Å². The molecule has 1 aliphatic rings. The Bertz CT molecular complexity index is 1150. The number of nitrogens with zero attached hydrogens (tertiary/aromatic N) is 2. The average Bonchev–Trinajstić information content (AvgIpc) is 3.26. The maximum atomic E-state index is 13.3. The van der Waals surface area contributed by atoms with E-state index in [-0.39, 0.29) is 17.7 Å². The van der Waals surface area contributed by atoms with E-state index in [1.807, 2.05) is 31.0 Å². The highest BCUT2D eigenvalue weighted by Crippen LogP contribution is 2.28. The Labute approximate surface area is 187 Å². The van der Waals surface area contributed by atoms with Crippen molar-refractivity contribution in [3.8, 4) is 5.75 Å². The minimum atomic E-state index is -0.586. The number of amides is 2. The number of carbonyl (C=O) groups excluding carboxylic acids is 2. The molecule has 1 aromatic carbocycles. The van der Waals surface area contributed by atoms with Gasteiger partial charge in [-0.05, 0) is 54.3 Å². The molecule has 7 heteroatoms. The van der Waals surface area contributed by atoms with Crippen molar-refractivity contribution in [3.63, 3.8) is 0 Å². The van der Waals surface area contributed by atoms with Crippen LogP contribution in [0.5, 0.6) is 5.75 Å². The molecule has 166 valence electrons. The second kappa shape index (κ2) is 9.26. The van der Waals surface area contributed by atoms with Crippen molar-refractivity contribution in [2.24, 2.45) is 5.92 Å². The van der Waals surface area contributed by atoms with E-state index in [1.165, 1.54) is 5.57 Å². The molecule has 0 fully saturated rings. The summed E-state index contributed by atoms with van der Waals surface area (Å²) in [6.45, 7) is 5.02. The Morgan fingerprint density at radius 1 is 1.19 bits per heavy atom. The zero-order valence-corrected chi connectivity index (χ0v) is 18.6. The van der Waals surface area contributed by atoms with Crippen LogP contribution >= 0.6 is 0 Å². The lowest BCUT2D eigenvalue weighted by molar-refractivity contribution is -0.133. The number of carbonyl (C=O) groups is 2. The van der Waals surface area contributed by atoms with Crippen molar-refractivity contribution < 1.29 is 14.3 Å². The highest BCUT2D eigenvalue weighted by atomic mass is 16.5. The molecule has 4 rings (SSSR count). The van der Waals surface area contributed by atoms with E-state index >= 15 is 0 Å². The van der Waals surface area contributed by atoms with Gasteiger partial charge in [0.25, 0.3) is 5.91 Å². The van der Waals surface area contributed by atoms with Crippen molar-refractivity contribution in [1.82, 2.24) is 20.2 Å². The fourth-order valence-electron chi connectivity index (χ4n) is 4.01. The van der Waals surface area contributed by atoms with E-state index in [0.29, 0.717) is 24.4 Å². The quantitative estimate of drug-likeness (QED) is 0.623. The molecule has 3 heterocycles. The van der Waals surface area contributed by atoms with Crippen LogP contribution in [0, 0.1) is 5.92 Å². The Kier molecular flexibility index (Phi) is 6.25. The predicted molar refractivity (Wildman–Crippen MR) is 124 cm³/mol. The van der Waals surface area contributed by atoms with Gasteiger partial charge in [0.2, 0.25) is 5.91 Å². The summed E-state index contributed by atoms with van der Waals surface area (Å²) < 4.78 is 5.14. The summed E-state index contributed by atoms with van der Waals surface area (Å²) in [7, 11) is 1.58. The fourth-order valence-corrected chi connectivity index (χ4v) is 4.01. The van der Waals surface area contributed by atoms with Gasteiger partial charge in [0.15, 0.2) is 0 Å². The van der Waals surface area contributed by atoms with Gasteiger partial charge in [-0.2, -0.15) is 0 Å². The van der Waals surface area contributed by atoms with Gasteiger partial charge in [0.05, 0.1) is 7.11 Å². The molecule has 2 amide bonds. The van der Waals surface area contributed by atoms with Crippen molar-refractivity contribution in [1.29, 1.82) is 0 Å². The van der Waals surface area contributed by atoms with Crippen LogP contribution in [0.4, 0.5) is 0 Å². The number of methoxy groups -OCH3 is 1. The number of hydrogen-bond acceptors (Lipinski definition) is 4. The molecule has 32 heavy (non-hydrogen) atoms. The van der Waals surface area contributed by atoms with Crippen LogP contribution in [0.25, 0.3) is 16.6 Å². The molecule has 0 aliphatic carbocycles. The van der Waals surface area contributed by atoms with Crippen LogP contribution in [-0.2, 0) is 4.79 Å². The fraction of sp³-hybridized carbons (Fsp3) is 0.320. The summed E-state index contributed by atoms with van der Waals surface area (Å²) in [5.41, 5.74) is 3.70. The summed E-state index contributed by atoms with van der Waals surface area (Å²) in [4.78, 5) is 35.4. The molecule has 1 unspecified atom stereocenters. The largest absolute Gasteiger partial charge is 0.497 e. The maximum absolute atomic E-state index is 13.3. The lowest BCUT2D eigenvalue weighted by Crippen LogP contribution is -2.52. The van der Waals surface area contributed by atoms with Crippen LogP contribution in [0.1, 0.15) is 36.2 Å². The molecule has 0 saturated heterocycles. The third-order valence-corrected chi connectivity index (χ3v) is 5.89. The monoisotopic (exact) mass is 432 g/mol. The number of pyridine rings is 1. The molecular formula is C25H28N4O3. The van der Waals surface area contributed by atoms with Gasteiger partial charge < -0.3 is 19.9 Å². The molecule has 0 radical (unpaired) electrons. The molecule has 1 atom stereocenters. The van der Waals surface area contributed by atoms with E-state index in [1.54, 1.807) is 37.6 Å². The first-order valence-electron chi connectivity index (χ1n) is 10.8. The van der Waals surface area contributed by atoms with Gasteiger partial charge >= 0.3 is 0 Å². The van der Waals surface area contributed by atoms with E-state index in [2.05, 4.69) is 27.4 Å². The van der Waals surface area contributed by atoms with E-state index in [0.717, 1.165) is 23.0 Å². The average molecular weight is 433 g/mol. The second-order valence-corrected chi connectivity index (χ2v) is 8.29. The van der Waals surface area contributed by atoms with Crippen molar-refractivity contribution in [3.05, 3.63) is 66.0 Å². The summed E-state index contributed by atoms with van der Waals surface area (Å²) in [6, 6.07) is 10.3. The molecule has 0 bridgehead atoms. The van der Waals surface area contributed by atoms with Crippen molar-refractivity contribution in [2.45, 2.75) is 26.3 Å². The highest BCUT2D eigenvalue weighted by molar-refractivity contribution is 5.98. The van der Waals surface area contributed by atoms with Crippen LogP contribution in [0.2, 0.25) is 0 Å². The van der Waals surface area contributed by atoms with Crippen LogP contribution in [0.15, 0.2) is 54.9 Å². The number of benzene rings is 1. The molecule has 2 aromatic heterocycles. The van der Waals surface area contributed by atoms with Gasteiger partial charge in [0.1, 0.15) is 17.4 Å². The van der Waals surface area contributed by atoms with Crippen LogP contribution in [0.3, 0.4) is 0 Å². The van der Waals surface area contributed by atoms with E-state index in [4.69, 9.17) is 4.74 Å². The zero-order chi connectivity index (χ0) is 22.7. The Hall–Kier alpha value is -3.61. The standard InChI is InChI=1S/C25H28N4O3/c1-16(2)22(28-24(30)18-6-8-19(32-3)9-7-18)25(31)29-13-10-17(11-14-29)21-15-27-23-20(21)5-4-12-26-23/h4-10,12,15-16,22H,11,13-14H2,1-3H3,(H,26,27)(H,28,30). The van der Waals surface area contributed by atoms with Gasteiger partial charge in [-0.1, -0.05) is 19.9 Å². The number of rotatable bonds is 6. The second-order valence-electron chi connectivity index (χ2n) is 8.29. The molecule has 2 N–H and O–H groups in total. The Morgan fingerprint density at radius 2 is 1.97 bits per heavy atom. The zero-order valence-electron chi connectivity index (χ0n) is 18.6. The molecule has 1 aliphatic heterocycles. The summed E-state index contributed by atoms with van der Waals surface area (Å²) in [6.07, 6.45) is 6.60. The van der Waals surface area contributed by atoms with E-state index < -0.39 is 6.04 Å². The first-order valence-corrected chi connectivity index (χ1v) is 10.8. The molecule has 0 saturated carbocycles. The third-order valence-electron chi connectivity index (χ3n) is 5.89. The molecule has 3 aromatic rings. The molecule has 7 nitrogen and oxygen atoms in total. The number of ether oxygens (including phenoxy) is 1. The first kappa shape index (κ1) is 21.6. The van der Waals surface area contributed by atoms with Crippen molar-refractivity contribution in [2.75, 3.05) is 20.2 Å². The van der Waals surface area contributed by atoms with Gasteiger partial charge in [-0.25, -0.2) is 4.98 Å². The summed E-state index contributed by atoms with van der Waals surface area (Å²) in [5, 5.41) is 4.01. The maximum Gasteiger partial charge on any atom is 0.251 e. The number of aromatic nitrogens is 2. The summed E-state index contributed by atoms with van der Waals surface area (Å²) >= 11 is 0. The lowest BCUT2D eigenvalue weighted by atomic mass is 9.97. The SMILES string of the molecule is COc1ccc(C(=O)NC(C(=O)N2CC=C(c3c[nH]c4ncccc34)CC2)C(C)C)cc1. The number of H-pyrrole nitrogens is 1. The minimum Gasteiger partial charge on any atom is -0.497 e. The molecular weight excluding hydrogens is 404 g/mol. The Balaban J connectivity index is 1.45.